The van der Waals surface area contributed by atoms with Gasteiger partial charge in [0.1, 0.15) is 0 Å². The van der Waals surface area contributed by atoms with E-state index in [1.165, 1.54) is 0 Å². The number of nitrogens with zero attached hydrogens (tertiary/aromatic N) is 2. The molecule has 1 aliphatic heterocycles. The highest BCUT2D eigenvalue weighted by atomic mass is 32.2. The molecular formula is C24H30N2O4S. The van der Waals surface area contributed by atoms with Crippen LogP contribution in [0.4, 0.5) is 11.4 Å². The highest BCUT2D eigenvalue weighted by Crippen LogP contribution is 2.33. The first kappa shape index (κ1) is 23.0. The maximum atomic E-state index is 13.0. The first-order valence-electron chi connectivity index (χ1n) is 10.8. The van der Waals surface area contributed by atoms with Crippen molar-refractivity contribution in [1.82, 2.24) is 0 Å². The molecule has 6 nitrogen and oxygen atoms in total. The summed E-state index contributed by atoms with van der Waals surface area (Å²) in [5.41, 5.74) is 1.59. The van der Waals surface area contributed by atoms with Gasteiger partial charge in [-0.2, -0.15) is 0 Å². The summed E-state index contributed by atoms with van der Waals surface area (Å²) in [4.78, 5) is 29.4. The first-order valence-corrected chi connectivity index (χ1v) is 12.6. The fourth-order valence-corrected chi connectivity index (χ4v) is 6.56. The van der Waals surface area contributed by atoms with Gasteiger partial charge in [-0.3, -0.25) is 9.59 Å². The van der Waals surface area contributed by atoms with Gasteiger partial charge in [0.2, 0.25) is 11.8 Å². The van der Waals surface area contributed by atoms with Crippen LogP contribution >= 0.6 is 0 Å². The van der Waals surface area contributed by atoms with Crippen molar-refractivity contribution in [3.05, 3.63) is 60.7 Å². The number of carbonyl (C=O) groups is 2. The molecule has 0 radical (unpaired) electrons. The highest BCUT2D eigenvalue weighted by Gasteiger charge is 2.40. The van der Waals surface area contributed by atoms with Gasteiger partial charge in [0.25, 0.3) is 0 Å². The van der Waals surface area contributed by atoms with Crippen molar-refractivity contribution in [2.45, 2.75) is 26.7 Å². The molecule has 1 fully saturated rings. The predicted molar refractivity (Wildman–Crippen MR) is 124 cm³/mol. The van der Waals surface area contributed by atoms with Gasteiger partial charge in [-0.05, 0) is 49.9 Å². The zero-order chi connectivity index (χ0) is 22.4. The van der Waals surface area contributed by atoms with Crippen LogP contribution in [-0.4, -0.2) is 44.8 Å². The molecule has 0 bridgehead atoms. The van der Waals surface area contributed by atoms with Crippen molar-refractivity contribution < 1.29 is 18.0 Å². The first-order chi connectivity index (χ1) is 14.8. The van der Waals surface area contributed by atoms with Crippen LogP contribution in [-0.2, 0) is 19.4 Å². The van der Waals surface area contributed by atoms with Crippen molar-refractivity contribution >= 4 is 33.0 Å². The van der Waals surface area contributed by atoms with Crippen LogP contribution in [0, 0.1) is 11.8 Å². The molecule has 0 spiro atoms. The van der Waals surface area contributed by atoms with Crippen LogP contribution < -0.4 is 9.80 Å². The van der Waals surface area contributed by atoms with Gasteiger partial charge in [0.15, 0.2) is 9.84 Å². The summed E-state index contributed by atoms with van der Waals surface area (Å²) in [5.74, 6) is -1.00. The molecule has 31 heavy (non-hydrogen) atoms. The molecule has 7 heteroatoms. The number of carbonyl (C=O) groups excluding carboxylic acids is 2. The van der Waals surface area contributed by atoms with Gasteiger partial charge < -0.3 is 9.80 Å². The van der Waals surface area contributed by atoms with E-state index in [1.807, 2.05) is 74.5 Å². The second-order valence-electron chi connectivity index (χ2n) is 7.95. The second kappa shape index (κ2) is 10.1. The molecule has 2 aromatic carbocycles. The molecule has 0 N–H and O–H groups in total. The quantitative estimate of drug-likeness (QED) is 0.627. The minimum Gasteiger partial charge on any atom is -0.313 e. The van der Waals surface area contributed by atoms with Crippen molar-refractivity contribution in [3.8, 4) is 0 Å². The minimum atomic E-state index is -3.27. The summed E-state index contributed by atoms with van der Waals surface area (Å²) in [6, 6.07) is 18.7. The fraction of sp³-hybridized carbons (Fsp3) is 0.417. The SMILES string of the molecule is CCN(C(=O)CC1CS(=O)(=O)CC1CC(=O)N(CC)c1ccccc1)c1ccccc1. The zero-order valence-electron chi connectivity index (χ0n) is 18.1. The van der Waals surface area contributed by atoms with Crippen LogP contribution in [0.3, 0.4) is 0 Å². The normalized spacial score (nSPS) is 19.7. The standard InChI is InChI=1S/C24H30N2O4S/c1-3-25(21-11-7-5-8-12-21)23(27)15-19-17-31(29,30)18-20(19)16-24(28)26(4-2)22-13-9-6-10-14-22/h5-14,19-20H,3-4,15-18H2,1-2H3. The van der Waals surface area contributed by atoms with Gasteiger partial charge in [0, 0.05) is 37.3 Å². The van der Waals surface area contributed by atoms with E-state index >= 15 is 0 Å². The van der Waals surface area contributed by atoms with Crippen molar-refractivity contribution in [3.63, 3.8) is 0 Å². The van der Waals surface area contributed by atoms with E-state index in [0.29, 0.717) is 13.1 Å². The Morgan fingerprint density at radius 3 is 1.42 bits per heavy atom. The van der Waals surface area contributed by atoms with Crippen LogP contribution in [0.25, 0.3) is 0 Å². The Hall–Kier alpha value is -2.67. The van der Waals surface area contributed by atoms with E-state index in [4.69, 9.17) is 0 Å². The third-order valence-electron chi connectivity index (χ3n) is 5.85. The molecule has 0 aromatic heterocycles. The van der Waals surface area contributed by atoms with Crippen molar-refractivity contribution in [2.24, 2.45) is 11.8 Å². The Kier molecular flexibility index (Phi) is 7.49. The van der Waals surface area contributed by atoms with E-state index < -0.39 is 9.84 Å². The lowest BCUT2D eigenvalue weighted by Crippen LogP contribution is -2.36. The number of hydrogen-bond donors (Lipinski definition) is 0. The van der Waals surface area contributed by atoms with Gasteiger partial charge in [-0.25, -0.2) is 8.42 Å². The molecule has 3 rings (SSSR count). The summed E-state index contributed by atoms with van der Waals surface area (Å²) in [6.45, 7) is 4.81. The van der Waals surface area contributed by atoms with E-state index in [0.717, 1.165) is 11.4 Å². The number of para-hydroxylation sites is 2. The number of hydrogen-bond acceptors (Lipinski definition) is 4. The molecular weight excluding hydrogens is 412 g/mol. The number of benzene rings is 2. The Bertz CT molecular complexity index is 917. The van der Waals surface area contributed by atoms with Crippen LogP contribution in [0.2, 0.25) is 0 Å². The average Bonchev–Trinajstić information content (AvgIpc) is 3.03. The van der Waals surface area contributed by atoms with E-state index in [-0.39, 0.29) is 48.0 Å². The molecule has 0 saturated carbocycles. The maximum absolute atomic E-state index is 13.0. The van der Waals surface area contributed by atoms with E-state index in [9.17, 15) is 18.0 Å². The fourth-order valence-electron chi connectivity index (χ4n) is 4.33. The molecule has 2 aromatic rings. The summed E-state index contributed by atoms with van der Waals surface area (Å²) in [7, 11) is -3.27. The third kappa shape index (κ3) is 5.73. The Labute approximate surface area is 184 Å². The van der Waals surface area contributed by atoms with Crippen LogP contribution in [0.15, 0.2) is 60.7 Å². The van der Waals surface area contributed by atoms with Gasteiger partial charge in [-0.1, -0.05) is 36.4 Å². The van der Waals surface area contributed by atoms with Crippen LogP contribution in [0.1, 0.15) is 26.7 Å². The van der Waals surface area contributed by atoms with E-state index in [2.05, 4.69) is 0 Å². The van der Waals surface area contributed by atoms with Crippen molar-refractivity contribution in [1.29, 1.82) is 0 Å². The molecule has 2 unspecified atom stereocenters. The summed E-state index contributed by atoms with van der Waals surface area (Å²) >= 11 is 0. The Balaban J connectivity index is 1.73. The molecule has 2 amide bonds. The second-order valence-corrected chi connectivity index (χ2v) is 10.1. The molecule has 166 valence electrons. The smallest absolute Gasteiger partial charge is 0.227 e. The highest BCUT2D eigenvalue weighted by molar-refractivity contribution is 7.91. The third-order valence-corrected chi connectivity index (χ3v) is 7.72. The Morgan fingerprint density at radius 1 is 0.742 bits per heavy atom. The predicted octanol–water partition coefficient (Wildman–Crippen LogP) is 3.53. The summed E-state index contributed by atoms with van der Waals surface area (Å²) < 4.78 is 24.8. The van der Waals surface area contributed by atoms with Gasteiger partial charge >= 0.3 is 0 Å². The molecule has 0 aliphatic carbocycles. The zero-order valence-corrected chi connectivity index (χ0v) is 18.9. The van der Waals surface area contributed by atoms with E-state index in [1.54, 1.807) is 9.80 Å². The Morgan fingerprint density at radius 2 is 1.10 bits per heavy atom. The topological polar surface area (TPSA) is 74.8 Å². The minimum absolute atomic E-state index is 0.0412. The number of rotatable bonds is 8. The lowest BCUT2D eigenvalue weighted by Gasteiger charge is -2.26. The number of amides is 2. The average molecular weight is 443 g/mol. The molecule has 1 saturated heterocycles. The van der Waals surface area contributed by atoms with Crippen molar-refractivity contribution in [2.75, 3.05) is 34.4 Å². The van der Waals surface area contributed by atoms with Gasteiger partial charge in [0.05, 0.1) is 11.5 Å². The lowest BCUT2D eigenvalue weighted by molar-refractivity contribution is -0.122. The molecule has 1 heterocycles. The van der Waals surface area contributed by atoms with Gasteiger partial charge in [-0.15, -0.1) is 0 Å². The maximum Gasteiger partial charge on any atom is 0.227 e. The lowest BCUT2D eigenvalue weighted by atomic mass is 9.89. The summed E-state index contributed by atoms with van der Waals surface area (Å²) in [5, 5.41) is 0. The largest absolute Gasteiger partial charge is 0.313 e. The number of anilines is 2. The number of sulfone groups is 1. The molecule has 1 aliphatic rings. The molecule has 2 atom stereocenters. The van der Waals surface area contributed by atoms with Crippen LogP contribution in [0.5, 0.6) is 0 Å². The monoisotopic (exact) mass is 442 g/mol. The summed E-state index contributed by atoms with van der Waals surface area (Å²) in [6.07, 6.45) is 0.245.